The summed E-state index contributed by atoms with van der Waals surface area (Å²) in [6.07, 6.45) is 0. The fraction of sp³-hybridized carbons (Fsp3) is 0.0714. The van der Waals surface area contributed by atoms with Crippen LogP contribution in [0.2, 0.25) is 5.02 Å². The quantitative estimate of drug-likeness (QED) is 0.715. The van der Waals surface area contributed by atoms with Crippen LogP contribution in [0.5, 0.6) is 0 Å². The molecule has 1 heterocycles. The van der Waals surface area contributed by atoms with Crippen LogP contribution in [0.15, 0.2) is 53.5 Å². The zero-order valence-electron chi connectivity index (χ0n) is 9.20. The number of benzene rings is 2. The first-order chi connectivity index (χ1) is 8.60. The molecule has 1 aliphatic rings. The number of halogens is 3. The largest absolute Gasteiger partial charge is 0.317 e. The number of aliphatic imine (C=N–C) groups is 1. The van der Waals surface area contributed by atoms with E-state index in [1.807, 2.05) is 0 Å². The van der Waals surface area contributed by atoms with Gasteiger partial charge in [-0.3, -0.25) is 0 Å². The van der Waals surface area contributed by atoms with Gasteiger partial charge in [-0.1, -0.05) is 48.0 Å². The second kappa shape index (κ2) is 3.89. The number of para-hydroxylation sites is 1. The third-order valence-electron chi connectivity index (χ3n) is 2.90. The Morgan fingerprint density at radius 3 is 2.33 bits per heavy atom. The van der Waals surface area contributed by atoms with Crippen LogP contribution in [0.25, 0.3) is 0 Å². The van der Waals surface area contributed by atoms with E-state index in [1.54, 1.807) is 42.5 Å². The van der Waals surface area contributed by atoms with Gasteiger partial charge in [-0.2, -0.15) is 8.78 Å². The topological polar surface area (TPSA) is 12.4 Å². The highest BCUT2D eigenvalue weighted by Crippen LogP contribution is 2.45. The smallest absolute Gasteiger partial charge is 0.246 e. The lowest BCUT2D eigenvalue weighted by Crippen LogP contribution is -2.23. The molecule has 0 spiro atoms. The van der Waals surface area contributed by atoms with E-state index in [1.165, 1.54) is 6.07 Å². The molecule has 0 saturated carbocycles. The van der Waals surface area contributed by atoms with Gasteiger partial charge in [-0.25, -0.2) is 4.99 Å². The summed E-state index contributed by atoms with van der Waals surface area (Å²) in [5, 5.41) is 0.281. The molecule has 1 aliphatic heterocycles. The molecule has 0 aromatic heterocycles. The lowest BCUT2D eigenvalue weighted by atomic mass is 10.0. The van der Waals surface area contributed by atoms with Crippen LogP contribution in [0, 0.1) is 0 Å². The SMILES string of the molecule is FC1(F)C(c2ccccc2Cl)=Nc2ccccc21. The minimum absolute atomic E-state index is 0.0695. The Balaban J connectivity index is 2.20. The fourth-order valence-corrected chi connectivity index (χ4v) is 2.26. The van der Waals surface area contributed by atoms with Crippen molar-refractivity contribution in [2.45, 2.75) is 5.92 Å². The van der Waals surface area contributed by atoms with E-state index in [9.17, 15) is 8.78 Å². The summed E-state index contributed by atoms with van der Waals surface area (Å²) in [5.74, 6) is -3.10. The predicted molar refractivity (Wildman–Crippen MR) is 68.0 cm³/mol. The van der Waals surface area contributed by atoms with Gasteiger partial charge in [0.15, 0.2) is 0 Å². The number of fused-ring (bicyclic) bond motifs is 1. The van der Waals surface area contributed by atoms with Crippen LogP contribution in [0.3, 0.4) is 0 Å². The number of alkyl halides is 2. The third kappa shape index (κ3) is 1.55. The Morgan fingerprint density at radius 2 is 1.61 bits per heavy atom. The van der Waals surface area contributed by atoms with Crippen molar-refractivity contribution in [3.8, 4) is 0 Å². The second-order valence-corrected chi connectivity index (χ2v) is 4.44. The summed E-state index contributed by atoms with van der Waals surface area (Å²) in [6, 6.07) is 12.7. The zero-order valence-corrected chi connectivity index (χ0v) is 9.96. The summed E-state index contributed by atoms with van der Waals surface area (Å²) in [4.78, 5) is 4.02. The van der Waals surface area contributed by atoms with Crippen LogP contribution >= 0.6 is 11.6 Å². The van der Waals surface area contributed by atoms with E-state index in [-0.39, 0.29) is 21.9 Å². The van der Waals surface area contributed by atoms with Crippen LogP contribution in [0.1, 0.15) is 11.1 Å². The van der Waals surface area contributed by atoms with Gasteiger partial charge in [-0.15, -0.1) is 0 Å². The molecule has 2 aromatic carbocycles. The van der Waals surface area contributed by atoms with E-state index < -0.39 is 5.92 Å². The second-order valence-electron chi connectivity index (χ2n) is 4.03. The van der Waals surface area contributed by atoms with Crippen molar-refractivity contribution in [1.29, 1.82) is 0 Å². The Kier molecular flexibility index (Phi) is 2.45. The Hall–Kier alpha value is -1.74. The van der Waals surface area contributed by atoms with Gasteiger partial charge in [-0.05, 0) is 12.1 Å². The Morgan fingerprint density at radius 1 is 0.944 bits per heavy atom. The number of rotatable bonds is 1. The van der Waals surface area contributed by atoms with Crippen LogP contribution in [0.4, 0.5) is 14.5 Å². The van der Waals surface area contributed by atoms with Crippen molar-refractivity contribution in [3.63, 3.8) is 0 Å². The normalized spacial score (nSPS) is 16.3. The van der Waals surface area contributed by atoms with Gasteiger partial charge >= 0.3 is 5.92 Å². The van der Waals surface area contributed by atoms with Gasteiger partial charge in [0.2, 0.25) is 0 Å². The summed E-state index contributed by atoms with van der Waals surface area (Å²) >= 11 is 5.96. The van der Waals surface area contributed by atoms with Crippen LogP contribution in [-0.2, 0) is 5.92 Å². The van der Waals surface area contributed by atoms with Crippen molar-refractivity contribution in [2.75, 3.05) is 0 Å². The summed E-state index contributed by atoms with van der Waals surface area (Å²) in [7, 11) is 0. The maximum atomic E-state index is 14.3. The van der Waals surface area contributed by atoms with Gasteiger partial charge < -0.3 is 0 Å². The highest BCUT2D eigenvalue weighted by molar-refractivity contribution is 6.35. The monoisotopic (exact) mass is 263 g/mol. The Bertz CT molecular complexity index is 650. The lowest BCUT2D eigenvalue weighted by molar-refractivity contribution is 0.0810. The maximum absolute atomic E-state index is 14.3. The molecule has 0 radical (unpaired) electrons. The van der Waals surface area contributed by atoms with Gasteiger partial charge in [0.05, 0.1) is 11.3 Å². The number of nitrogens with zero attached hydrogens (tertiary/aromatic N) is 1. The van der Waals surface area contributed by atoms with E-state index in [2.05, 4.69) is 4.99 Å². The molecule has 0 amide bonds. The lowest BCUT2D eigenvalue weighted by Gasteiger charge is -2.14. The minimum Gasteiger partial charge on any atom is -0.246 e. The van der Waals surface area contributed by atoms with Crippen molar-refractivity contribution in [1.82, 2.24) is 0 Å². The van der Waals surface area contributed by atoms with E-state index in [4.69, 9.17) is 11.6 Å². The molecule has 3 rings (SSSR count). The molecule has 0 unspecified atom stereocenters. The van der Waals surface area contributed by atoms with E-state index >= 15 is 0 Å². The van der Waals surface area contributed by atoms with Crippen molar-refractivity contribution < 1.29 is 8.78 Å². The highest BCUT2D eigenvalue weighted by Gasteiger charge is 2.45. The molecule has 0 aliphatic carbocycles. The minimum atomic E-state index is -3.10. The molecule has 90 valence electrons. The Labute approximate surface area is 108 Å². The maximum Gasteiger partial charge on any atom is 0.317 e. The first-order valence-corrected chi connectivity index (χ1v) is 5.80. The third-order valence-corrected chi connectivity index (χ3v) is 3.23. The molecule has 0 bridgehead atoms. The first kappa shape index (κ1) is 11.4. The van der Waals surface area contributed by atoms with Crippen molar-refractivity contribution in [3.05, 3.63) is 64.7 Å². The molecule has 0 saturated heterocycles. The molecule has 0 fully saturated rings. The molecular weight excluding hydrogens is 256 g/mol. The summed E-state index contributed by atoms with van der Waals surface area (Å²) < 4.78 is 28.6. The summed E-state index contributed by atoms with van der Waals surface area (Å²) in [5.41, 5.74) is 0.229. The molecule has 18 heavy (non-hydrogen) atoms. The molecule has 2 aromatic rings. The van der Waals surface area contributed by atoms with Crippen LogP contribution < -0.4 is 0 Å². The number of hydrogen-bond donors (Lipinski definition) is 0. The standard InChI is InChI=1S/C14H8ClF2N/c15-11-7-3-1-5-9(11)13-14(16,17)10-6-2-4-8-12(10)18-13/h1-8H. The van der Waals surface area contributed by atoms with Gasteiger partial charge in [0, 0.05) is 10.6 Å². The highest BCUT2D eigenvalue weighted by atomic mass is 35.5. The van der Waals surface area contributed by atoms with Crippen molar-refractivity contribution in [2.24, 2.45) is 4.99 Å². The van der Waals surface area contributed by atoms with Crippen LogP contribution in [-0.4, -0.2) is 5.71 Å². The molecule has 0 atom stereocenters. The predicted octanol–water partition coefficient (Wildman–Crippen LogP) is 4.57. The first-order valence-electron chi connectivity index (χ1n) is 5.42. The number of hydrogen-bond acceptors (Lipinski definition) is 1. The zero-order chi connectivity index (χ0) is 12.8. The average Bonchev–Trinajstić information content (AvgIpc) is 2.63. The molecular formula is C14H8ClF2N. The molecule has 1 nitrogen and oxygen atoms in total. The average molecular weight is 264 g/mol. The fourth-order valence-electron chi connectivity index (χ4n) is 2.04. The summed E-state index contributed by atoms with van der Waals surface area (Å²) in [6.45, 7) is 0. The van der Waals surface area contributed by atoms with Gasteiger partial charge in [0.25, 0.3) is 0 Å². The van der Waals surface area contributed by atoms with Gasteiger partial charge in [0.1, 0.15) is 5.71 Å². The van der Waals surface area contributed by atoms with E-state index in [0.717, 1.165) is 0 Å². The molecule has 4 heteroatoms. The van der Waals surface area contributed by atoms with Crippen molar-refractivity contribution >= 4 is 23.0 Å². The molecule has 0 N–H and O–H groups in total. The van der Waals surface area contributed by atoms with E-state index in [0.29, 0.717) is 5.69 Å².